The fraction of sp³-hybridized carbons (Fsp3) is 0.727. The number of nitrogens with two attached hydrogens (primary N) is 1. The zero-order chi connectivity index (χ0) is 12.6. The highest BCUT2D eigenvalue weighted by Crippen LogP contribution is 2.06. The van der Waals surface area contributed by atoms with Crippen LogP contribution in [-0.4, -0.2) is 44.2 Å². The maximum Gasteiger partial charge on any atom is 0.102 e. The highest BCUT2D eigenvalue weighted by atomic mass is 32.2. The van der Waals surface area contributed by atoms with Gasteiger partial charge in [0.1, 0.15) is 5.76 Å². The Kier molecular flexibility index (Phi) is 7.97. The average molecular weight is 265 g/mol. The van der Waals surface area contributed by atoms with Crippen LogP contribution < -0.4 is 5.73 Å². The molecule has 0 aliphatic rings. The van der Waals surface area contributed by atoms with E-state index in [1.807, 2.05) is 13.2 Å². The van der Waals surface area contributed by atoms with Crippen molar-refractivity contribution in [3.63, 3.8) is 0 Å². The zero-order valence-electron chi connectivity index (χ0n) is 10.1. The van der Waals surface area contributed by atoms with Gasteiger partial charge < -0.3 is 10.8 Å². The molecule has 5 heteroatoms. The van der Waals surface area contributed by atoms with Crippen LogP contribution in [0.5, 0.6) is 0 Å². The van der Waals surface area contributed by atoms with E-state index in [4.69, 9.17) is 10.8 Å². The molecule has 0 spiro atoms. The molecule has 0 aliphatic carbocycles. The summed E-state index contributed by atoms with van der Waals surface area (Å²) in [5.74, 6) is 2.26. The first-order chi connectivity index (χ1) is 7.45. The lowest BCUT2D eigenvalue weighted by Gasteiger charge is -2.14. The van der Waals surface area contributed by atoms with Crippen LogP contribution in [0.3, 0.4) is 0 Å². The molecular formula is C11H23NO2S2. The van der Waals surface area contributed by atoms with Crippen LogP contribution in [0.1, 0.15) is 19.8 Å². The normalized spacial score (nSPS) is 16.4. The lowest BCUT2D eigenvalue weighted by Crippen LogP contribution is -2.26. The molecule has 0 heterocycles. The summed E-state index contributed by atoms with van der Waals surface area (Å²) in [7, 11) is -1.90. The third kappa shape index (κ3) is 6.45. The van der Waals surface area contributed by atoms with E-state index in [1.54, 1.807) is 17.1 Å². The van der Waals surface area contributed by atoms with Crippen LogP contribution in [0.15, 0.2) is 12.3 Å². The van der Waals surface area contributed by atoms with Crippen LogP contribution >= 0.6 is 11.8 Å². The van der Waals surface area contributed by atoms with Crippen molar-refractivity contribution in [3.8, 4) is 0 Å². The SMILES string of the molecule is C=C(O)[C@@H](N)CCS(=O)(=CC)CCCSC. The van der Waals surface area contributed by atoms with E-state index in [-0.39, 0.29) is 5.76 Å². The van der Waals surface area contributed by atoms with Crippen molar-refractivity contribution in [2.75, 3.05) is 23.5 Å². The third-order valence-corrected chi connectivity index (χ3v) is 5.93. The van der Waals surface area contributed by atoms with Gasteiger partial charge in [-0.15, -0.1) is 0 Å². The predicted molar refractivity (Wildman–Crippen MR) is 77.0 cm³/mol. The van der Waals surface area contributed by atoms with Crippen LogP contribution in [0.2, 0.25) is 0 Å². The molecule has 16 heavy (non-hydrogen) atoms. The van der Waals surface area contributed by atoms with Crippen LogP contribution in [0.4, 0.5) is 0 Å². The quantitative estimate of drug-likeness (QED) is 0.398. The summed E-state index contributed by atoms with van der Waals surface area (Å²) in [5.41, 5.74) is 5.64. The molecule has 0 aromatic heterocycles. The molecule has 0 radical (unpaired) electrons. The minimum atomic E-state index is -1.90. The van der Waals surface area contributed by atoms with Crippen molar-refractivity contribution in [2.24, 2.45) is 5.73 Å². The second-order valence-corrected chi connectivity index (χ2v) is 7.76. The van der Waals surface area contributed by atoms with E-state index in [2.05, 4.69) is 6.58 Å². The highest BCUT2D eigenvalue weighted by molar-refractivity contribution is 8.01. The molecule has 96 valence electrons. The average Bonchev–Trinajstić information content (AvgIpc) is 2.26. The van der Waals surface area contributed by atoms with Gasteiger partial charge in [0.05, 0.1) is 6.04 Å². The minimum absolute atomic E-state index is 0.0260. The molecule has 0 aromatic rings. The fourth-order valence-corrected chi connectivity index (χ4v) is 3.86. The summed E-state index contributed by atoms with van der Waals surface area (Å²) in [6.45, 7) is 5.22. The standard InChI is InChI=1S/C11H23NO2S2/c1-4-16(14,8-5-7-15-3)9-6-11(12)10(2)13/h4,11,13H,2,5-9,12H2,1,3H3/t11-,16?/m0/s1. The molecule has 1 unspecified atom stereocenters. The van der Waals surface area contributed by atoms with Crippen molar-refractivity contribution < 1.29 is 9.32 Å². The lowest BCUT2D eigenvalue weighted by atomic mass is 10.2. The topological polar surface area (TPSA) is 63.3 Å². The first-order valence-electron chi connectivity index (χ1n) is 5.36. The number of aliphatic hydroxyl groups excluding tert-OH is 1. The second-order valence-electron chi connectivity index (χ2n) is 3.75. The Bertz CT molecular complexity index is 320. The Balaban J connectivity index is 4.18. The summed E-state index contributed by atoms with van der Waals surface area (Å²) in [6.07, 6.45) is 3.53. The number of rotatable bonds is 8. The molecule has 0 fully saturated rings. The van der Waals surface area contributed by atoms with Crippen molar-refractivity contribution in [3.05, 3.63) is 12.3 Å². The molecule has 0 aliphatic heterocycles. The van der Waals surface area contributed by atoms with Gasteiger partial charge in [0.2, 0.25) is 0 Å². The maximum absolute atomic E-state index is 12.3. The van der Waals surface area contributed by atoms with E-state index in [1.165, 1.54) is 0 Å². The monoisotopic (exact) mass is 265 g/mol. The molecule has 0 rings (SSSR count). The van der Waals surface area contributed by atoms with Gasteiger partial charge in [0, 0.05) is 11.5 Å². The Hall–Kier alpha value is -0.130. The predicted octanol–water partition coefficient (Wildman–Crippen LogP) is 1.64. The van der Waals surface area contributed by atoms with Crippen molar-refractivity contribution in [1.82, 2.24) is 0 Å². The minimum Gasteiger partial charge on any atom is -0.511 e. The number of hydrogen-bond donors (Lipinski definition) is 2. The number of thioether (sulfide) groups is 1. The van der Waals surface area contributed by atoms with Gasteiger partial charge in [0.25, 0.3) is 0 Å². The Morgan fingerprint density at radius 2 is 2.25 bits per heavy atom. The molecule has 0 saturated carbocycles. The van der Waals surface area contributed by atoms with Gasteiger partial charge in [-0.2, -0.15) is 11.8 Å². The summed E-state index contributed by atoms with van der Waals surface area (Å²) in [4.78, 5) is 0. The first-order valence-corrected chi connectivity index (χ1v) is 8.71. The molecule has 0 aromatic carbocycles. The van der Waals surface area contributed by atoms with E-state index >= 15 is 0 Å². The molecule has 3 N–H and O–H groups in total. The molecule has 0 saturated heterocycles. The molecule has 0 amide bonds. The van der Waals surface area contributed by atoms with E-state index in [9.17, 15) is 4.21 Å². The summed E-state index contributed by atoms with van der Waals surface area (Å²) < 4.78 is 12.3. The molecular weight excluding hydrogens is 242 g/mol. The Morgan fingerprint density at radius 3 is 2.69 bits per heavy atom. The zero-order valence-corrected chi connectivity index (χ0v) is 11.8. The first kappa shape index (κ1) is 15.9. The Labute approximate surface area is 104 Å². The van der Waals surface area contributed by atoms with Gasteiger partial charge in [-0.3, -0.25) is 4.21 Å². The second kappa shape index (κ2) is 8.03. The summed E-state index contributed by atoms with van der Waals surface area (Å²) >= 11 is 1.76. The third-order valence-electron chi connectivity index (χ3n) is 2.47. The van der Waals surface area contributed by atoms with Crippen LogP contribution in [0.25, 0.3) is 0 Å². The van der Waals surface area contributed by atoms with Crippen LogP contribution in [0, 0.1) is 0 Å². The van der Waals surface area contributed by atoms with E-state index < -0.39 is 15.6 Å². The highest BCUT2D eigenvalue weighted by Gasteiger charge is 2.11. The number of hydrogen-bond acceptors (Lipinski definition) is 4. The molecule has 3 nitrogen and oxygen atoms in total. The van der Waals surface area contributed by atoms with Crippen molar-refractivity contribution >= 4 is 26.7 Å². The lowest BCUT2D eigenvalue weighted by molar-refractivity contribution is 0.366. The largest absolute Gasteiger partial charge is 0.511 e. The van der Waals surface area contributed by atoms with Crippen LogP contribution in [-0.2, 0) is 9.52 Å². The number of aliphatic hydroxyl groups is 1. The maximum atomic E-state index is 12.3. The summed E-state index contributed by atoms with van der Waals surface area (Å²) in [6, 6.07) is -0.457. The molecule has 2 atom stereocenters. The van der Waals surface area contributed by atoms with E-state index in [0.29, 0.717) is 12.2 Å². The van der Waals surface area contributed by atoms with E-state index in [0.717, 1.165) is 17.9 Å². The van der Waals surface area contributed by atoms with Gasteiger partial charge in [-0.05, 0) is 46.7 Å². The van der Waals surface area contributed by atoms with Gasteiger partial charge in [-0.25, -0.2) is 0 Å². The van der Waals surface area contributed by atoms with Crippen molar-refractivity contribution in [1.29, 1.82) is 0 Å². The smallest absolute Gasteiger partial charge is 0.102 e. The van der Waals surface area contributed by atoms with Gasteiger partial charge in [0.15, 0.2) is 0 Å². The summed E-state index contributed by atoms with van der Waals surface area (Å²) in [5, 5.41) is 10.9. The fourth-order valence-electron chi connectivity index (χ4n) is 1.28. The van der Waals surface area contributed by atoms with Gasteiger partial charge in [-0.1, -0.05) is 6.58 Å². The van der Waals surface area contributed by atoms with Crippen molar-refractivity contribution in [2.45, 2.75) is 25.8 Å². The van der Waals surface area contributed by atoms with Gasteiger partial charge >= 0.3 is 0 Å². The molecule has 0 bridgehead atoms. The Morgan fingerprint density at radius 1 is 1.62 bits per heavy atom.